The van der Waals surface area contributed by atoms with E-state index in [1.165, 1.54) is 0 Å². The average molecular weight is 306 g/mol. The molecule has 0 fully saturated rings. The number of rotatable bonds is 4. The number of hydrogen-bond acceptors (Lipinski definition) is 4. The van der Waals surface area contributed by atoms with Crippen molar-refractivity contribution in [3.8, 4) is 5.88 Å². The first-order valence-electron chi connectivity index (χ1n) is 6.62. The first kappa shape index (κ1) is 13.9. The van der Waals surface area contributed by atoms with Crippen molar-refractivity contribution in [3.05, 3.63) is 35.9 Å². The fourth-order valence-electron chi connectivity index (χ4n) is 2.28. The molecule has 3 aromatic rings. The number of aromatic nitrogens is 5. The van der Waals surface area contributed by atoms with Crippen molar-refractivity contribution in [3.63, 3.8) is 0 Å². The molecular formula is C14H16ClN5O. The van der Waals surface area contributed by atoms with Crippen molar-refractivity contribution in [2.75, 3.05) is 7.11 Å². The van der Waals surface area contributed by atoms with Crippen LogP contribution in [0.15, 0.2) is 24.4 Å². The zero-order valence-corrected chi connectivity index (χ0v) is 12.9. The van der Waals surface area contributed by atoms with Gasteiger partial charge in [0.1, 0.15) is 11.3 Å². The third-order valence-electron chi connectivity index (χ3n) is 3.25. The van der Waals surface area contributed by atoms with E-state index in [4.69, 9.17) is 16.3 Å². The van der Waals surface area contributed by atoms with Crippen LogP contribution in [0.25, 0.3) is 11.2 Å². The summed E-state index contributed by atoms with van der Waals surface area (Å²) in [6.45, 7) is 2.47. The van der Waals surface area contributed by atoms with Gasteiger partial charge in [-0.25, -0.2) is 4.98 Å². The lowest BCUT2D eigenvalue weighted by Gasteiger charge is -2.08. The molecule has 0 aromatic carbocycles. The first-order chi connectivity index (χ1) is 10.1. The average Bonchev–Trinajstić information content (AvgIpc) is 3.03. The highest BCUT2D eigenvalue weighted by Crippen LogP contribution is 2.25. The number of fused-ring (bicyclic) bond motifs is 1. The monoisotopic (exact) mass is 305 g/mol. The summed E-state index contributed by atoms with van der Waals surface area (Å²) in [5.41, 5.74) is 2.48. The number of pyridine rings is 1. The van der Waals surface area contributed by atoms with Crippen LogP contribution in [0, 0.1) is 0 Å². The summed E-state index contributed by atoms with van der Waals surface area (Å²) < 4.78 is 8.95. The zero-order chi connectivity index (χ0) is 15.0. The van der Waals surface area contributed by atoms with Gasteiger partial charge in [0.2, 0.25) is 5.88 Å². The lowest BCUT2D eigenvalue weighted by molar-refractivity contribution is 0.399. The number of halogens is 1. The summed E-state index contributed by atoms with van der Waals surface area (Å²) in [5, 5.41) is 4.19. The Bertz CT molecular complexity index is 777. The molecule has 3 heterocycles. The second-order valence-corrected chi connectivity index (χ2v) is 5.50. The highest BCUT2D eigenvalue weighted by molar-refractivity contribution is 6.20. The highest BCUT2D eigenvalue weighted by atomic mass is 35.5. The number of nitrogens with zero attached hydrogens (tertiary/aromatic N) is 5. The van der Waals surface area contributed by atoms with E-state index in [-0.39, 0.29) is 5.38 Å². The van der Waals surface area contributed by atoms with Crippen LogP contribution in [0.1, 0.15) is 23.8 Å². The summed E-state index contributed by atoms with van der Waals surface area (Å²) in [6.07, 6.45) is 1.91. The Hall–Kier alpha value is -2.08. The Morgan fingerprint density at radius 1 is 1.29 bits per heavy atom. The van der Waals surface area contributed by atoms with E-state index in [0.717, 1.165) is 22.7 Å². The number of aryl methyl sites for hydroxylation is 1. The molecule has 0 aliphatic carbocycles. The maximum Gasteiger partial charge on any atom is 0.215 e. The predicted molar refractivity (Wildman–Crippen MR) is 80.7 cm³/mol. The number of imidazole rings is 1. The normalized spacial score (nSPS) is 12.8. The molecule has 3 aromatic heterocycles. The highest BCUT2D eigenvalue weighted by Gasteiger charge is 2.17. The first-order valence-corrected chi connectivity index (χ1v) is 7.06. The van der Waals surface area contributed by atoms with E-state index in [2.05, 4.69) is 15.1 Å². The molecular weight excluding hydrogens is 290 g/mol. The minimum absolute atomic E-state index is 0.214. The lowest BCUT2D eigenvalue weighted by atomic mass is 10.4. The summed E-state index contributed by atoms with van der Waals surface area (Å²) in [5.74, 6) is 1.33. The van der Waals surface area contributed by atoms with Crippen LogP contribution in [0.4, 0.5) is 0 Å². The van der Waals surface area contributed by atoms with Crippen LogP contribution >= 0.6 is 11.6 Å². The van der Waals surface area contributed by atoms with Gasteiger partial charge < -0.3 is 9.30 Å². The quantitative estimate of drug-likeness (QED) is 0.695. The van der Waals surface area contributed by atoms with Crippen LogP contribution in [-0.2, 0) is 13.6 Å². The second kappa shape index (κ2) is 5.37. The van der Waals surface area contributed by atoms with Gasteiger partial charge in [0.15, 0.2) is 5.65 Å². The molecule has 0 bridgehead atoms. The third kappa shape index (κ3) is 2.58. The van der Waals surface area contributed by atoms with Crippen molar-refractivity contribution < 1.29 is 4.74 Å². The summed E-state index contributed by atoms with van der Waals surface area (Å²) in [6, 6.07) is 5.65. The Labute approximate surface area is 127 Å². The fourth-order valence-corrected chi connectivity index (χ4v) is 2.45. The van der Waals surface area contributed by atoms with Gasteiger partial charge in [-0.05, 0) is 19.1 Å². The van der Waals surface area contributed by atoms with Crippen molar-refractivity contribution in [2.45, 2.75) is 18.8 Å². The summed E-state index contributed by atoms with van der Waals surface area (Å²) in [7, 11) is 3.49. The summed E-state index contributed by atoms with van der Waals surface area (Å²) >= 11 is 6.26. The van der Waals surface area contributed by atoms with Gasteiger partial charge in [-0.3, -0.25) is 4.68 Å². The second-order valence-electron chi connectivity index (χ2n) is 4.85. The molecule has 0 aliphatic rings. The SMILES string of the molecule is COc1ccc2nc(C(C)Cl)n(Cc3ccn(C)n3)c2n1. The van der Waals surface area contributed by atoms with Crippen molar-refractivity contribution in [1.29, 1.82) is 0 Å². The molecule has 0 aliphatic heterocycles. The molecule has 0 spiro atoms. The lowest BCUT2D eigenvalue weighted by Crippen LogP contribution is -2.07. The van der Waals surface area contributed by atoms with E-state index in [1.54, 1.807) is 17.9 Å². The Kier molecular flexibility index (Phi) is 3.55. The minimum Gasteiger partial charge on any atom is -0.481 e. The molecule has 0 amide bonds. The van der Waals surface area contributed by atoms with Gasteiger partial charge in [0.25, 0.3) is 0 Å². The van der Waals surface area contributed by atoms with Gasteiger partial charge in [-0.15, -0.1) is 11.6 Å². The maximum absolute atomic E-state index is 6.26. The van der Waals surface area contributed by atoms with Gasteiger partial charge in [-0.1, -0.05) is 0 Å². The van der Waals surface area contributed by atoms with E-state index < -0.39 is 0 Å². The molecule has 1 unspecified atom stereocenters. The van der Waals surface area contributed by atoms with E-state index in [1.807, 2.05) is 36.9 Å². The van der Waals surface area contributed by atoms with Gasteiger partial charge in [0, 0.05) is 19.3 Å². The van der Waals surface area contributed by atoms with Gasteiger partial charge in [-0.2, -0.15) is 10.1 Å². The number of ether oxygens (including phenoxy) is 1. The van der Waals surface area contributed by atoms with E-state index in [0.29, 0.717) is 12.4 Å². The third-order valence-corrected chi connectivity index (χ3v) is 3.45. The van der Waals surface area contributed by atoms with Crippen LogP contribution in [0.3, 0.4) is 0 Å². The Morgan fingerprint density at radius 2 is 2.10 bits per heavy atom. The van der Waals surface area contributed by atoms with Crippen LogP contribution < -0.4 is 4.74 Å². The van der Waals surface area contributed by atoms with Crippen molar-refractivity contribution in [1.82, 2.24) is 24.3 Å². The van der Waals surface area contributed by atoms with Crippen LogP contribution in [0.2, 0.25) is 0 Å². The molecule has 0 N–H and O–H groups in total. The smallest absolute Gasteiger partial charge is 0.215 e. The largest absolute Gasteiger partial charge is 0.481 e. The fraction of sp³-hybridized carbons (Fsp3) is 0.357. The van der Waals surface area contributed by atoms with E-state index >= 15 is 0 Å². The summed E-state index contributed by atoms with van der Waals surface area (Å²) in [4.78, 5) is 9.05. The van der Waals surface area contributed by atoms with Crippen molar-refractivity contribution in [2.24, 2.45) is 7.05 Å². The molecule has 7 heteroatoms. The molecule has 0 saturated carbocycles. The van der Waals surface area contributed by atoms with E-state index in [9.17, 15) is 0 Å². The number of alkyl halides is 1. The Balaban J connectivity index is 2.14. The van der Waals surface area contributed by atoms with Gasteiger partial charge in [0.05, 0.1) is 24.7 Å². The number of methoxy groups -OCH3 is 1. The van der Waals surface area contributed by atoms with Crippen LogP contribution in [-0.4, -0.2) is 31.4 Å². The number of hydrogen-bond donors (Lipinski definition) is 0. The molecule has 110 valence electrons. The van der Waals surface area contributed by atoms with Crippen LogP contribution in [0.5, 0.6) is 5.88 Å². The molecule has 6 nitrogen and oxygen atoms in total. The minimum atomic E-state index is -0.214. The molecule has 0 saturated heterocycles. The topological polar surface area (TPSA) is 57.8 Å². The molecule has 3 rings (SSSR count). The predicted octanol–water partition coefficient (Wildman–Crippen LogP) is 2.52. The molecule has 0 radical (unpaired) electrons. The standard InChI is InChI=1S/C14H16ClN5O/c1-9(15)13-16-11-4-5-12(21-3)17-14(11)20(13)8-10-6-7-19(2)18-10/h4-7,9H,8H2,1-3H3. The zero-order valence-electron chi connectivity index (χ0n) is 12.1. The van der Waals surface area contributed by atoms with Crippen molar-refractivity contribution >= 4 is 22.8 Å². The molecule has 1 atom stereocenters. The Morgan fingerprint density at radius 3 is 2.71 bits per heavy atom. The maximum atomic E-state index is 6.26. The van der Waals surface area contributed by atoms with Gasteiger partial charge >= 0.3 is 0 Å². The molecule has 21 heavy (non-hydrogen) atoms.